The molecule has 0 bridgehead atoms. The highest BCUT2D eigenvalue weighted by Crippen LogP contribution is 2.25. The number of aryl methyl sites for hydroxylation is 1. The topological polar surface area (TPSA) is 70.6 Å². The maximum absolute atomic E-state index is 10.4. The summed E-state index contributed by atoms with van der Waals surface area (Å²) in [5.74, 6) is 0.302. The van der Waals surface area contributed by atoms with Gasteiger partial charge < -0.3 is 16.2 Å². The fourth-order valence-electron chi connectivity index (χ4n) is 1.91. The summed E-state index contributed by atoms with van der Waals surface area (Å²) in [6.07, 6.45) is 1.01. The standard InChI is InChI=1S/C16H21N3OS/c1-3-12-6-8-13(9-7-12)19-15(17)18-11-16(2,20)14-5-4-10-21-14/h4-10,20H,3,11H2,1-2H3,(H3,17,18,19). The van der Waals surface area contributed by atoms with Gasteiger partial charge in [-0.25, -0.2) is 4.99 Å². The van der Waals surface area contributed by atoms with Crippen LogP contribution in [0.15, 0.2) is 46.8 Å². The third kappa shape index (κ3) is 4.31. The van der Waals surface area contributed by atoms with Crippen molar-refractivity contribution in [3.63, 3.8) is 0 Å². The zero-order chi connectivity index (χ0) is 15.3. The largest absolute Gasteiger partial charge is 0.383 e. The number of hydrogen-bond acceptors (Lipinski definition) is 3. The number of thiophene rings is 1. The fraction of sp³-hybridized carbons (Fsp3) is 0.312. The summed E-state index contributed by atoms with van der Waals surface area (Å²) in [5.41, 5.74) is 7.04. The first-order valence-corrected chi connectivity index (χ1v) is 7.81. The first-order chi connectivity index (χ1) is 10.0. The van der Waals surface area contributed by atoms with E-state index < -0.39 is 5.60 Å². The Bertz CT molecular complexity index is 588. The minimum Gasteiger partial charge on any atom is -0.383 e. The molecule has 1 aromatic carbocycles. The molecule has 0 aliphatic heterocycles. The minimum absolute atomic E-state index is 0.222. The Labute approximate surface area is 129 Å². The van der Waals surface area contributed by atoms with Gasteiger partial charge in [-0.2, -0.15) is 0 Å². The summed E-state index contributed by atoms with van der Waals surface area (Å²) in [6.45, 7) is 4.08. The number of rotatable bonds is 5. The molecule has 1 heterocycles. The summed E-state index contributed by atoms with van der Waals surface area (Å²) in [4.78, 5) is 5.11. The summed E-state index contributed by atoms with van der Waals surface area (Å²) in [5, 5.41) is 15.3. The number of benzene rings is 1. The maximum atomic E-state index is 10.4. The van der Waals surface area contributed by atoms with E-state index in [1.165, 1.54) is 16.9 Å². The smallest absolute Gasteiger partial charge is 0.193 e. The van der Waals surface area contributed by atoms with Crippen LogP contribution < -0.4 is 11.1 Å². The van der Waals surface area contributed by atoms with E-state index in [4.69, 9.17) is 5.73 Å². The highest BCUT2D eigenvalue weighted by molar-refractivity contribution is 7.10. The molecular formula is C16H21N3OS. The maximum Gasteiger partial charge on any atom is 0.193 e. The second kappa shape index (κ2) is 6.74. The quantitative estimate of drug-likeness (QED) is 0.587. The third-order valence-electron chi connectivity index (χ3n) is 3.24. The van der Waals surface area contributed by atoms with Gasteiger partial charge in [-0.1, -0.05) is 25.1 Å². The molecular weight excluding hydrogens is 282 g/mol. The van der Waals surface area contributed by atoms with Gasteiger partial charge in [-0.05, 0) is 42.5 Å². The van der Waals surface area contributed by atoms with E-state index in [1.54, 1.807) is 6.92 Å². The highest BCUT2D eigenvalue weighted by atomic mass is 32.1. The molecule has 1 aromatic heterocycles. The van der Waals surface area contributed by atoms with Crippen molar-refractivity contribution in [2.75, 3.05) is 11.9 Å². The molecule has 0 radical (unpaired) electrons. The first-order valence-electron chi connectivity index (χ1n) is 6.93. The number of guanidine groups is 1. The van der Waals surface area contributed by atoms with Gasteiger partial charge in [0.1, 0.15) is 5.60 Å². The number of nitrogens with one attached hydrogen (secondary N) is 1. The Balaban J connectivity index is 1.97. The summed E-state index contributed by atoms with van der Waals surface area (Å²) in [6, 6.07) is 11.9. The van der Waals surface area contributed by atoms with Crippen LogP contribution in [0.3, 0.4) is 0 Å². The Morgan fingerprint density at radius 1 is 1.33 bits per heavy atom. The van der Waals surface area contributed by atoms with Crippen LogP contribution >= 0.6 is 11.3 Å². The molecule has 1 atom stereocenters. The second-order valence-electron chi connectivity index (χ2n) is 5.13. The molecule has 2 rings (SSSR count). The van der Waals surface area contributed by atoms with Crippen LogP contribution in [0.2, 0.25) is 0 Å². The van der Waals surface area contributed by atoms with Crippen LogP contribution in [0, 0.1) is 0 Å². The molecule has 2 aromatic rings. The number of hydrogen-bond donors (Lipinski definition) is 3. The average molecular weight is 303 g/mol. The van der Waals surface area contributed by atoms with Crippen LogP contribution in [0.5, 0.6) is 0 Å². The Morgan fingerprint density at radius 3 is 2.62 bits per heavy atom. The van der Waals surface area contributed by atoms with Gasteiger partial charge in [0.05, 0.1) is 6.54 Å². The van der Waals surface area contributed by atoms with E-state index in [2.05, 4.69) is 29.4 Å². The zero-order valence-electron chi connectivity index (χ0n) is 12.3. The second-order valence-corrected chi connectivity index (χ2v) is 6.08. The van der Waals surface area contributed by atoms with Crippen LogP contribution in [0.25, 0.3) is 0 Å². The van der Waals surface area contributed by atoms with Gasteiger partial charge in [0.2, 0.25) is 0 Å². The van der Waals surface area contributed by atoms with Crippen LogP contribution in [-0.2, 0) is 12.0 Å². The van der Waals surface area contributed by atoms with Crippen molar-refractivity contribution in [3.05, 3.63) is 52.2 Å². The lowest BCUT2D eigenvalue weighted by Gasteiger charge is -2.19. The van der Waals surface area contributed by atoms with E-state index in [1.807, 2.05) is 29.6 Å². The highest BCUT2D eigenvalue weighted by Gasteiger charge is 2.23. The molecule has 0 saturated heterocycles. The number of aliphatic imine (C=N–C) groups is 1. The molecule has 0 amide bonds. The fourth-order valence-corrected chi connectivity index (χ4v) is 2.69. The van der Waals surface area contributed by atoms with Crippen LogP contribution in [-0.4, -0.2) is 17.6 Å². The van der Waals surface area contributed by atoms with Gasteiger partial charge in [-0.3, -0.25) is 0 Å². The number of anilines is 1. The molecule has 21 heavy (non-hydrogen) atoms. The lowest BCUT2D eigenvalue weighted by atomic mass is 10.1. The zero-order valence-corrected chi connectivity index (χ0v) is 13.2. The Morgan fingerprint density at radius 2 is 2.05 bits per heavy atom. The lowest BCUT2D eigenvalue weighted by molar-refractivity contribution is 0.0713. The van der Waals surface area contributed by atoms with E-state index in [-0.39, 0.29) is 6.54 Å². The van der Waals surface area contributed by atoms with Crippen molar-refractivity contribution in [1.29, 1.82) is 0 Å². The van der Waals surface area contributed by atoms with Crippen molar-refractivity contribution in [1.82, 2.24) is 0 Å². The molecule has 1 unspecified atom stereocenters. The first kappa shape index (κ1) is 15.5. The molecule has 0 fully saturated rings. The SMILES string of the molecule is CCc1ccc(NC(N)=NCC(C)(O)c2cccs2)cc1. The molecule has 4 N–H and O–H groups in total. The lowest BCUT2D eigenvalue weighted by Crippen LogP contribution is -2.29. The normalized spacial score (nSPS) is 14.7. The van der Waals surface area contributed by atoms with Crippen LogP contribution in [0.4, 0.5) is 5.69 Å². The van der Waals surface area contributed by atoms with E-state index in [9.17, 15) is 5.11 Å². The van der Waals surface area contributed by atoms with E-state index in [0.717, 1.165) is 17.0 Å². The van der Waals surface area contributed by atoms with Crippen molar-refractivity contribution in [2.24, 2.45) is 10.7 Å². The summed E-state index contributed by atoms with van der Waals surface area (Å²) >= 11 is 1.51. The van der Waals surface area contributed by atoms with Crippen molar-refractivity contribution in [2.45, 2.75) is 25.9 Å². The van der Waals surface area contributed by atoms with Gasteiger partial charge in [-0.15, -0.1) is 11.3 Å². The third-order valence-corrected chi connectivity index (χ3v) is 4.37. The summed E-state index contributed by atoms with van der Waals surface area (Å²) < 4.78 is 0. The monoisotopic (exact) mass is 303 g/mol. The van der Waals surface area contributed by atoms with Gasteiger partial charge in [0.25, 0.3) is 0 Å². The number of aliphatic hydroxyl groups is 1. The van der Waals surface area contributed by atoms with Crippen LogP contribution in [0.1, 0.15) is 24.3 Å². The predicted molar refractivity (Wildman–Crippen MR) is 89.8 cm³/mol. The molecule has 4 nitrogen and oxygen atoms in total. The molecule has 0 aliphatic rings. The van der Waals surface area contributed by atoms with Gasteiger partial charge in [0, 0.05) is 10.6 Å². The van der Waals surface area contributed by atoms with Gasteiger partial charge in [0.15, 0.2) is 5.96 Å². The van der Waals surface area contributed by atoms with Crippen molar-refractivity contribution < 1.29 is 5.11 Å². The Kier molecular flexibility index (Phi) is 4.98. The molecule has 0 aliphatic carbocycles. The average Bonchev–Trinajstić information content (AvgIpc) is 3.01. The summed E-state index contributed by atoms with van der Waals surface area (Å²) in [7, 11) is 0. The molecule has 0 saturated carbocycles. The molecule has 0 spiro atoms. The van der Waals surface area contributed by atoms with Crippen molar-refractivity contribution >= 4 is 23.0 Å². The number of nitrogens with two attached hydrogens (primary N) is 1. The number of nitrogens with zero attached hydrogens (tertiary/aromatic N) is 1. The predicted octanol–water partition coefficient (Wildman–Crippen LogP) is 2.94. The van der Waals surface area contributed by atoms with Gasteiger partial charge >= 0.3 is 0 Å². The van der Waals surface area contributed by atoms with E-state index >= 15 is 0 Å². The Hall–Kier alpha value is -1.85. The van der Waals surface area contributed by atoms with Crippen molar-refractivity contribution in [3.8, 4) is 0 Å². The van der Waals surface area contributed by atoms with E-state index in [0.29, 0.717) is 5.96 Å². The molecule has 112 valence electrons. The minimum atomic E-state index is -0.994. The molecule has 5 heteroatoms.